The Morgan fingerprint density at radius 2 is 1.94 bits per heavy atom. The van der Waals surface area contributed by atoms with Gasteiger partial charge in [-0.1, -0.05) is 25.1 Å². The quantitative estimate of drug-likeness (QED) is 0.863. The number of phenolic OH excluding ortho intramolecular Hbond substituents is 1. The van der Waals surface area contributed by atoms with E-state index in [1.807, 2.05) is 12.1 Å². The van der Waals surface area contributed by atoms with E-state index in [0.717, 1.165) is 37.2 Å². The van der Waals surface area contributed by atoms with Gasteiger partial charge in [0.05, 0.1) is 0 Å². The number of para-hydroxylation sites is 1. The number of carbonyl (C=O) groups excluding carboxylic acids is 1. The summed E-state index contributed by atoms with van der Waals surface area (Å²) >= 11 is 0. The van der Waals surface area contributed by atoms with Gasteiger partial charge in [0, 0.05) is 18.0 Å². The van der Waals surface area contributed by atoms with Gasteiger partial charge in [-0.25, -0.2) is 0 Å². The van der Waals surface area contributed by atoms with E-state index in [1.165, 1.54) is 0 Å². The molecule has 18 heavy (non-hydrogen) atoms. The smallest absolute Gasteiger partial charge is 0.223 e. The van der Waals surface area contributed by atoms with E-state index in [1.54, 1.807) is 12.1 Å². The van der Waals surface area contributed by atoms with E-state index in [0.29, 0.717) is 6.54 Å². The van der Waals surface area contributed by atoms with Crippen LogP contribution in [0.5, 0.6) is 5.75 Å². The number of hydrogen-bond acceptors (Lipinski definition) is 2. The first kappa shape index (κ1) is 12.9. The number of aromatic hydroxyl groups is 1. The van der Waals surface area contributed by atoms with Crippen LogP contribution in [0.2, 0.25) is 0 Å². The molecule has 1 saturated carbocycles. The van der Waals surface area contributed by atoms with Crippen molar-refractivity contribution in [1.29, 1.82) is 0 Å². The average Bonchev–Trinajstić information content (AvgIpc) is 2.38. The van der Waals surface area contributed by atoms with Gasteiger partial charge in [0.25, 0.3) is 0 Å². The van der Waals surface area contributed by atoms with E-state index in [9.17, 15) is 9.90 Å². The zero-order chi connectivity index (χ0) is 13.0. The van der Waals surface area contributed by atoms with Gasteiger partial charge < -0.3 is 10.4 Å². The normalized spacial score (nSPS) is 23.6. The predicted octanol–water partition coefficient (Wildman–Crippen LogP) is 2.83. The third-order valence-electron chi connectivity index (χ3n) is 3.83. The predicted molar refractivity (Wildman–Crippen MR) is 71.1 cm³/mol. The molecule has 0 spiro atoms. The molecule has 1 aromatic rings. The van der Waals surface area contributed by atoms with Crippen LogP contribution in [-0.2, 0) is 11.3 Å². The minimum Gasteiger partial charge on any atom is -0.508 e. The highest BCUT2D eigenvalue weighted by atomic mass is 16.3. The number of nitrogens with one attached hydrogen (secondary N) is 1. The fourth-order valence-corrected chi connectivity index (χ4v) is 2.51. The van der Waals surface area contributed by atoms with Crippen LogP contribution in [0.4, 0.5) is 0 Å². The second-order valence-corrected chi connectivity index (χ2v) is 5.30. The van der Waals surface area contributed by atoms with Crippen molar-refractivity contribution < 1.29 is 9.90 Å². The number of amides is 1. The molecule has 3 nitrogen and oxygen atoms in total. The summed E-state index contributed by atoms with van der Waals surface area (Å²) in [5.74, 6) is 1.29. The summed E-state index contributed by atoms with van der Waals surface area (Å²) in [6.07, 6.45) is 4.28. The average molecular weight is 247 g/mol. The van der Waals surface area contributed by atoms with Gasteiger partial charge in [0.1, 0.15) is 5.75 Å². The Morgan fingerprint density at radius 1 is 1.28 bits per heavy atom. The standard InChI is InChI=1S/C15H21NO2/c1-11-6-8-12(9-7-11)15(18)16-10-13-4-2-3-5-14(13)17/h2-5,11-12,17H,6-10H2,1H3,(H,16,18). The van der Waals surface area contributed by atoms with Crippen molar-refractivity contribution in [3.05, 3.63) is 29.8 Å². The summed E-state index contributed by atoms with van der Waals surface area (Å²) in [6, 6.07) is 7.12. The maximum Gasteiger partial charge on any atom is 0.223 e. The van der Waals surface area contributed by atoms with Crippen molar-refractivity contribution in [2.24, 2.45) is 11.8 Å². The molecule has 0 saturated heterocycles. The molecule has 0 unspecified atom stereocenters. The van der Waals surface area contributed by atoms with E-state index in [-0.39, 0.29) is 17.6 Å². The summed E-state index contributed by atoms with van der Waals surface area (Å²) < 4.78 is 0. The molecule has 3 heteroatoms. The minimum absolute atomic E-state index is 0.130. The first-order chi connectivity index (χ1) is 8.66. The number of hydrogen-bond donors (Lipinski definition) is 2. The van der Waals surface area contributed by atoms with E-state index in [2.05, 4.69) is 12.2 Å². The van der Waals surface area contributed by atoms with Crippen molar-refractivity contribution in [2.45, 2.75) is 39.2 Å². The lowest BCUT2D eigenvalue weighted by molar-refractivity contribution is -0.126. The van der Waals surface area contributed by atoms with Crippen molar-refractivity contribution in [1.82, 2.24) is 5.32 Å². The molecule has 2 N–H and O–H groups in total. The summed E-state index contributed by atoms with van der Waals surface area (Å²) in [6.45, 7) is 2.66. The van der Waals surface area contributed by atoms with Crippen LogP contribution in [0.15, 0.2) is 24.3 Å². The Bertz CT molecular complexity index is 409. The molecule has 1 aliphatic rings. The highest BCUT2D eigenvalue weighted by Crippen LogP contribution is 2.28. The van der Waals surface area contributed by atoms with Gasteiger partial charge >= 0.3 is 0 Å². The van der Waals surface area contributed by atoms with Gasteiger partial charge in [0.2, 0.25) is 5.91 Å². The second-order valence-electron chi connectivity index (χ2n) is 5.30. The number of carbonyl (C=O) groups is 1. The van der Waals surface area contributed by atoms with E-state index < -0.39 is 0 Å². The van der Waals surface area contributed by atoms with Crippen LogP contribution in [0.1, 0.15) is 38.2 Å². The van der Waals surface area contributed by atoms with E-state index >= 15 is 0 Å². The van der Waals surface area contributed by atoms with Crippen LogP contribution in [-0.4, -0.2) is 11.0 Å². The molecule has 98 valence electrons. The Labute approximate surface area is 108 Å². The van der Waals surface area contributed by atoms with Crippen LogP contribution in [0.3, 0.4) is 0 Å². The molecule has 0 radical (unpaired) electrons. The Hall–Kier alpha value is -1.51. The maximum absolute atomic E-state index is 12.0. The fraction of sp³-hybridized carbons (Fsp3) is 0.533. The van der Waals surface area contributed by atoms with Crippen LogP contribution >= 0.6 is 0 Å². The molecule has 1 fully saturated rings. The van der Waals surface area contributed by atoms with Crippen molar-refractivity contribution in [3.8, 4) is 5.75 Å². The van der Waals surface area contributed by atoms with Gasteiger partial charge in [-0.2, -0.15) is 0 Å². The fourth-order valence-electron chi connectivity index (χ4n) is 2.51. The Balaban J connectivity index is 1.83. The van der Waals surface area contributed by atoms with Crippen LogP contribution < -0.4 is 5.32 Å². The molecular weight excluding hydrogens is 226 g/mol. The molecule has 0 heterocycles. The zero-order valence-electron chi connectivity index (χ0n) is 10.9. The summed E-state index contributed by atoms with van der Waals surface area (Å²) in [5, 5.41) is 12.5. The largest absolute Gasteiger partial charge is 0.508 e. The molecule has 2 rings (SSSR count). The zero-order valence-corrected chi connectivity index (χ0v) is 10.9. The van der Waals surface area contributed by atoms with Crippen molar-refractivity contribution in [2.75, 3.05) is 0 Å². The lowest BCUT2D eigenvalue weighted by atomic mass is 9.82. The molecule has 1 amide bonds. The molecule has 1 aliphatic carbocycles. The topological polar surface area (TPSA) is 49.3 Å². The summed E-state index contributed by atoms with van der Waals surface area (Å²) in [7, 11) is 0. The van der Waals surface area contributed by atoms with E-state index in [4.69, 9.17) is 0 Å². The minimum atomic E-state index is 0.130. The highest BCUT2D eigenvalue weighted by molar-refractivity contribution is 5.78. The Kier molecular flexibility index (Phi) is 4.24. The molecule has 0 bridgehead atoms. The number of rotatable bonds is 3. The molecule has 1 aromatic carbocycles. The lowest BCUT2D eigenvalue weighted by Gasteiger charge is -2.25. The second kappa shape index (κ2) is 5.89. The SMILES string of the molecule is CC1CCC(C(=O)NCc2ccccc2O)CC1. The first-order valence-electron chi connectivity index (χ1n) is 6.71. The maximum atomic E-state index is 12.0. The van der Waals surface area contributed by atoms with Crippen LogP contribution in [0.25, 0.3) is 0 Å². The van der Waals surface area contributed by atoms with Crippen molar-refractivity contribution >= 4 is 5.91 Å². The number of benzene rings is 1. The summed E-state index contributed by atoms with van der Waals surface area (Å²) in [4.78, 5) is 12.0. The summed E-state index contributed by atoms with van der Waals surface area (Å²) in [5.41, 5.74) is 0.773. The van der Waals surface area contributed by atoms with Crippen LogP contribution in [0, 0.1) is 11.8 Å². The van der Waals surface area contributed by atoms with Gasteiger partial charge in [-0.15, -0.1) is 0 Å². The van der Waals surface area contributed by atoms with Gasteiger partial charge in [0.15, 0.2) is 0 Å². The lowest BCUT2D eigenvalue weighted by Crippen LogP contribution is -2.32. The highest BCUT2D eigenvalue weighted by Gasteiger charge is 2.23. The molecular formula is C15H21NO2. The Morgan fingerprint density at radius 3 is 2.61 bits per heavy atom. The van der Waals surface area contributed by atoms with Gasteiger partial charge in [-0.3, -0.25) is 4.79 Å². The third kappa shape index (κ3) is 3.25. The number of phenols is 1. The molecule has 0 atom stereocenters. The van der Waals surface area contributed by atoms with Crippen molar-refractivity contribution in [3.63, 3.8) is 0 Å². The van der Waals surface area contributed by atoms with Gasteiger partial charge in [-0.05, 0) is 37.7 Å². The molecule has 0 aromatic heterocycles. The third-order valence-corrected chi connectivity index (χ3v) is 3.83. The first-order valence-corrected chi connectivity index (χ1v) is 6.71. The molecule has 0 aliphatic heterocycles. The monoisotopic (exact) mass is 247 g/mol.